The van der Waals surface area contributed by atoms with Gasteiger partial charge in [0.2, 0.25) is 0 Å². The SMILES string of the molecule is C(=C(c1ccc2ccccc2c1)c1ccc2ccccc2c1)c1ccc(N(c2ccc(C=C(c3ccc4ccccc4c3)c3ccc4ccccc4c3)cc2)c2ccc(C=C(c3ccc4ccccc4c3)c3ccc4ccccc4c3)cc2)cc1. The third kappa shape index (κ3) is 10.5. The Labute approximate surface area is 496 Å². The van der Waals surface area contributed by atoms with E-state index in [-0.39, 0.29) is 0 Å². The Balaban J connectivity index is 0.840. The minimum Gasteiger partial charge on any atom is -0.311 e. The van der Waals surface area contributed by atoms with Crippen LogP contribution in [0.25, 0.3) is 99.6 Å². The molecule has 0 spiro atoms. The van der Waals surface area contributed by atoms with Gasteiger partial charge in [-0.25, -0.2) is 0 Å². The highest BCUT2D eigenvalue weighted by molar-refractivity contribution is 6.02. The molecule has 0 unspecified atom stereocenters. The molecule has 0 aliphatic rings. The van der Waals surface area contributed by atoms with Crippen molar-refractivity contribution < 1.29 is 0 Å². The molecule has 0 saturated heterocycles. The largest absolute Gasteiger partial charge is 0.311 e. The second-order valence-electron chi connectivity index (χ2n) is 22.2. The minimum atomic E-state index is 1.06. The van der Waals surface area contributed by atoms with E-state index in [1.54, 1.807) is 0 Å². The number of hydrogen-bond acceptors (Lipinski definition) is 1. The van der Waals surface area contributed by atoms with E-state index in [1.165, 1.54) is 115 Å². The van der Waals surface area contributed by atoms with Crippen molar-refractivity contribution >= 4 is 117 Å². The fourth-order valence-electron chi connectivity index (χ4n) is 12.2. The maximum absolute atomic E-state index is 2.38. The Hall–Kier alpha value is -11.1. The van der Waals surface area contributed by atoms with E-state index in [4.69, 9.17) is 0 Å². The van der Waals surface area contributed by atoms with Crippen LogP contribution in [0.1, 0.15) is 50.1 Å². The van der Waals surface area contributed by atoms with E-state index in [1.807, 2.05) is 0 Å². The number of nitrogens with zero attached hydrogens (tertiary/aromatic N) is 1. The average molecular weight is 1080 g/mol. The summed E-state index contributed by atoms with van der Waals surface area (Å²) in [6.45, 7) is 0. The molecular formula is C84H57N. The van der Waals surface area contributed by atoms with Gasteiger partial charge in [-0.3, -0.25) is 0 Å². The fourth-order valence-corrected chi connectivity index (χ4v) is 12.2. The molecule has 0 fully saturated rings. The van der Waals surface area contributed by atoms with Crippen molar-refractivity contribution in [3.8, 4) is 0 Å². The maximum Gasteiger partial charge on any atom is 0.0462 e. The number of fused-ring (bicyclic) bond motifs is 6. The molecule has 0 aliphatic heterocycles. The molecule has 0 aromatic heterocycles. The predicted molar refractivity (Wildman–Crippen MR) is 366 cm³/mol. The van der Waals surface area contributed by atoms with Crippen molar-refractivity contribution in [1.29, 1.82) is 0 Å². The molecule has 0 N–H and O–H groups in total. The van der Waals surface area contributed by atoms with Crippen LogP contribution in [0.3, 0.4) is 0 Å². The highest BCUT2D eigenvalue weighted by atomic mass is 15.1. The topological polar surface area (TPSA) is 3.24 Å². The summed E-state index contributed by atoms with van der Waals surface area (Å²) in [7, 11) is 0. The molecule has 0 heterocycles. The van der Waals surface area contributed by atoms with Crippen molar-refractivity contribution in [1.82, 2.24) is 0 Å². The van der Waals surface area contributed by atoms with E-state index in [0.717, 1.165) is 33.8 Å². The van der Waals surface area contributed by atoms with Crippen molar-refractivity contribution in [3.63, 3.8) is 0 Å². The molecule has 0 aliphatic carbocycles. The van der Waals surface area contributed by atoms with Gasteiger partial charge in [0.1, 0.15) is 0 Å². The molecule has 0 atom stereocenters. The molecule has 0 amide bonds. The van der Waals surface area contributed by atoms with Crippen LogP contribution in [0.2, 0.25) is 0 Å². The van der Waals surface area contributed by atoms with Crippen molar-refractivity contribution in [2.75, 3.05) is 4.90 Å². The molecule has 0 bridgehead atoms. The van der Waals surface area contributed by atoms with Crippen LogP contribution < -0.4 is 4.90 Å². The highest BCUT2D eigenvalue weighted by Crippen LogP contribution is 2.39. The molecule has 0 saturated carbocycles. The van der Waals surface area contributed by atoms with E-state index >= 15 is 0 Å². The van der Waals surface area contributed by atoms with Gasteiger partial charge in [-0.15, -0.1) is 0 Å². The number of rotatable bonds is 12. The van der Waals surface area contributed by atoms with Gasteiger partial charge in [0.25, 0.3) is 0 Å². The van der Waals surface area contributed by atoms with Crippen molar-refractivity contribution in [2.45, 2.75) is 0 Å². The maximum atomic E-state index is 2.38. The van der Waals surface area contributed by atoms with Gasteiger partial charge in [-0.05, 0) is 222 Å². The molecule has 15 rings (SSSR count). The predicted octanol–water partition coefficient (Wildman–Crippen LogP) is 22.8. The summed E-state index contributed by atoms with van der Waals surface area (Å²) >= 11 is 0. The molecule has 398 valence electrons. The lowest BCUT2D eigenvalue weighted by atomic mass is 9.92. The molecule has 1 heteroatoms. The zero-order valence-electron chi connectivity index (χ0n) is 46.9. The van der Waals surface area contributed by atoms with Crippen LogP contribution in [-0.2, 0) is 0 Å². The van der Waals surface area contributed by atoms with Crippen LogP contribution >= 0.6 is 0 Å². The van der Waals surface area contributed by atoms with E-state index in [2.05, 4.69) is 351 Å². The zero-order valence-corrected chi connectivity index (χ0v) is 46.9. The first-order valence-electron chi connectivity index (χ1n) is 29.3. The third-order valence-electron chi connectivity index (χ3n) is 16.7. The average Bonchev–Trinajstić information content (AvgIpc) is 3.58. The second kappa shape index (κ2) is 22.3. The summed E-state index contributed by atoms with van der Waals surface area (Å²) in [5.41, 5.74) is 17.1. The number of hydrogen-bond donors (Lipinski definition) is 0. The lowest BCUT2D eigenvalue weighted by Crippen LogP contribution is -2.09. The van der Waals surface area contributed by atoms with Gasteiger partial charge in [-0.2, -0.15) is 0 Å². The van der Waals surface area contributed by atoms with Gasteiger partial charge in [-0.1, -0.05) is 255 Å². The standard InChI is InChI=1S/C84H57N/c1-7-19-67-52-73(37-31-61(67)13-1)82(74-38-32-62-14-2-8-20-68(62)53-74)49-58-25-43-79(44-26-58)85(80-45-27-59(28-46-80)50-83(75-39-33-63-15-3-9-21-69(63)54-75)76-40-34-64-16-4-10-22-70(64)55-76)81-47-29-60(30-48-81)51-84(77-41-35-65-17-5-11-23-71(65)56-77)78-42-36-66-18-6-12-24-72(66)57-78/h1-57H. The van der Waals surface area contributed by atoms with Gasteiger partial charge in [0.15, 0.2) is 0 Å². The van der Waals surface area contributed by atoms with Crippen LogP contribution in [-0.4, -0.2) is 0 Å². The summed E-state index contributed by atoms with van der Waals surface area (Å²) < 4.78 is 0. The summed E-state index contributed by atoms with van der Waals surface area (Å²) in [5, 5.41) is 14.7. The summed E-state index contributed by atoms with van der Waals surface area (Å²) in [5.74, 6) is 0. The van der Waals surface area contributed by atoms with Gasteiger partial charge in [0.05, 0.1) is 0 Å². The lowest BCUT2D eigenvalue weighted by molar-refractivity contribution is 1.28. The number of benzene rings is 15. The Morgan fingerprint density at radius 2 is 0.353 bits per heavy atom. The third-order valence-corrected chi connectivity index (χ3v) is 16.7. The molecule has 15 aromatic rings. The van der Waals surface area contributed by atoms with Crippen LogP contribution in [0.15, 0.2) is 328 Å². The van der Waals surface area contributed by atoms with Crippen LogP contribution in [0.4, 0.5) is 17.1 Å². The Kier molecular flexibility index (Phi) is 13.3. The normalized spacial score (nSPS) is 11.3. The second-order valence-corrected chi connectivity index (χ2v) is 22.2. The number of anilines is 3. The monoisotopic (exact) mass is 1080 g/mol. The fraction of sp³-hybridized carbons (Fsp3) is 0. The first-order chi connectivity index (χ1) is 42.0. The molecule has 1 nitrogen and oxygen atoms in total. The summed E-state index contributed by atoms with van der Waals surface area (Å²) in [6.07, 6.45) is 7.03. The van der Waals surface area contributed by atoms with Crippen LogP contribution in [0, 0.1) is 0 Å². The highest BCUT2D eigenvalue weighted by Gasteiger charge is 2.16. The quantitative estimate of drug-likeness (QED) is 0.110. The summed E-state index contributed by atoms with van der Waals surface area (Å²) in [4.78, 5) is 2.38. The van der Waals surface area contributed by atoms with Gasteiger partial charge < -0.3 is 4.90 Å². The van der Waals surface area contributed by atoms with Gasteiger partial charge >= 0.3 is 0 Å². The van der Waals surface area contributed by atoms with E-state index < -0.39 is 0 Å². The molecule has 0 radical (unpaired) electrons. The first kappa shape index (κ1) is 50.8. The van der Waals surface area contributed by atoms with Crippen molar-refractivity contribution in [2.24, 2.45) is 0 Å². The smallest absolute Gasteiger partial charge is 0.0462 e. The van der Waals surface area contributed by atoms with E-state index in [0.29, 0.717) is 0 Å². The Bertz CT molecular complexity index is 4340. The Morgan fingerprint density at radius 1 is 0.176 bits per heavy atom. The van der Waals surface area contributed by atoms with Gasteiger partial charge in [0, 0.05) is 17.1 Å². The minimum absolute atomic E-state index is 1.06. The molecular weight excluding hydrogens is 1020 g/mol. The Morgan fingerprint density at radius 3 is 0.541 bits per heavy atom. The zero-order chi connectivity index (χ0) is 56.5. The molecule has 15 aromatic carbocycles. The summed E-state index contributed by atoms with van der Waals surface area (Å²) in [6, 6.07) is 120. The van der Waals surface area contributed by atoms with Crippen LogP contribution in [0.5, 0.6) is 0 Å². The first-order valence-corrected chi connectivity index (χ1v) is 29.3. The van der Waals surface area contributed by atoms with E-state index in [9.17, 15) is 0 Å². The van der Waals surface area contributed by atoms with Crippen molar-refractivity contribution in [3.05, 3.63) is 378 Å². The molecule has 85 heavy (non-hydrogen) atoms. The lowest BCUT2D eigenvalue weighted by Gasteiger charge is -2.26.